The lowest BCUT2D eigenvalue weighted by Gasteiger charge is -2.27. The third-order valence-electron chi connectivity index (χ3n) is 4.53. The molecule has 1 saturated heterocycles. The zero-order valence-electron chi connectivity index (χ0n) is 15.3. The maximum absolute atomic E-state index is 13.4. The first kappa shape index (κ1) is 18.1. The molecule has 1 aromatic heterocycles. The van der Waals surface area contributed by atoms with E-state index in [1.165, 1.54) is 4.90 Å². The predicted molar refractivity (Wildman–Crippen MR) is 99.4 cm³/mol. The smallest absolute Gasteiger partial charge is 0.314 e. The van der Waals surface area contributed by atoms with Gasteiger partial charge in [-0.25, -0.2) is 4.79 Å². The van der Waals surface area contributed by atoms with Gasteiger partial charge in [-0.1, -0.05) is 43.3 Å². The van der Waals surface area contributed by atoms with Crippen molar-refractivity contribution < 1.29 is 9.59 Å². The third-order valence-corrected chi connectivity index (χ3v) is 4.53. The molecule has 2 aromatic rings. The van der Waals surface area contributed by atoms with Crippen LogP contribution in [0.25, 0.3) is 0 Å². The molecule has 1 fully saturated rings. The first-order valence-electron chi connectivity index (χ1n) is 8.71. The standard InChI is InChI=1S/C20H24N4O2/c1-15(13-23(2)3)14-24-18(25)20(22-19(24)26,16-9-5-4-6-10-16)17-11-7-8-12-21-17/h4-12,15H,13-14H2,1-3H3,(H,22,26)/t15?,20-/m0/s1. The van der Waals surface area contributed by atoms with Crippen LogP contribution in [0.4, 0.5) is 4.79 Å². The molecule has 0 spiro atoms. The molecule has 2 heterocycles. The summed E-state index contributed by atoms with van der Waals surface area (Å²) in [6.45, 7) is 3.19. The Morgan fingerprint density at radius 3 is 2.42 bits per heavy atom. The average molecular weight is 352 g/mol. The van der Waals surface area contributed by atoms with Gasteiger partial charge in [0.05, 0.1) is 5.69 Å². The van der Waals surface area contributed by atoms with Crippen LogP contribution in [0.2, 0.25) is 0 Å². The molecule has 1 aromatic carbocycles. The number of nitrogens with one attached hydrogen (secondary N) is 1. The summed E-state index contributed by atoms with van der Waals surface area (Å²) in [5.74, 6) is -0.118. The number of amides is 3. The molecule has 1 unspecified atom stereocenters. The van der Waals surface area contributed by atoms with Crippen molar-refractivity contribution >= 4 is 11.9 Å². The van der Waals surface area contributed by atoms with Gasteiger partial charge in [0.15, 0.2) is 5.54 Å². The van der Waals surface area contributed by atoms with Gasteiger partial charge in [-0.3, -0.25) is 14.7 Å². The fraction of sp³-hybridized carbons (Fsp3) is 0.350. The monoisotopic (exact) mass is 352 g/mol. The highest BCUT2D eigenvalue weighted by Crippen LogP contribution is 2.35. The van der Waals surface area contributed by atoms with Gasteiger partial charge in [-0.2, -0.15) is 0 Å². The highest BCUT2D eigenvalue weighted by molar-refractivity contribution is 6.09. The molecule has 136 valence electrons. The Bertz CT molecular complexity index is 737. The van der Waals surface area contributed by atoms with Crippen LogP contribution in [-0.4, -0.2) is 53.9 Å². The van der Waals surface area contributed by atoms with E-state index in [9.17, 15) is 9.59 Å². The second-order valence-electron chi connectivity index (χ2n) is 7.04. The molecular weight excluding hydrogens is 328 g/mol. The van der Waals surface area contributed by atoms with Gasteiger partial charge < -0.3 is 10.2 Å². The minimum atomic E-state index is -1.28. The zero-order chi connectivity index (χ0) is 18.7. The van der Waals surface area contributed by atoms with E-state index in [0.717, 1.165) is 6.54 Å². The van der Waals surface area contributed by atoms with E-state index < -0.39 is 5.54 Å². The Morgan fingerprint density at radius 1 is 1.12 bits per heavy atom. The van der Waals surface area contributed by atoms with Gasteiger partial charge in [-0.05, 0) is 37.7 Å². The maximum atomic E-state index is 13.4. The largest absolute Gasteiger partial charge is 0.325 e. The number of imide groups is 1. The number of benzene rings is 1. The Balaban J connectivity index is 2.01. The first-order chi connectivity index (χ1) is 12.4. The number of carbonyl (C=O) groups excluding carboxylic acids is 2. The number of aromatic nitrogens is 1. The van der Waals surface area contributed by atoms with Crippen molar-refractivity contribution in [3.63, 3.8) is 0 Å². The fourth-order valence-corrected chi connectivity index (χ4v) is 3.52. The maximum Gasteiger partial charge on any atom is 0.325 e. The van der Waals surface area contributed by atoms with E-state index in [-0.39, 0.29) is 17.9 Å². The SMILES string of the molecule is CC(CN(C)C)CN1C(=O)N[C@@](c2ccccc2)(c2ccccn2)C1=O. The molecule has 3 rings (SSSR count). The van der Waals surface area contributed by atoms with Gasteiger partial charge in [0.1, 0.15) is 0 Å². The normalized spacial score (nSPS) is 21.2. The van der Waals surface area contributed by atoms with Gasteiger partial charge in [0, 0.05) is 19.3 Å². The molecule has 1 N–H and O–H groups in total. The van der Waals surface area contributed by atoms with Crippen LogP contribution in [0, 0.1) is 5.92 Å². The Labute approximate surface area is 153 Å². The van der Waals surface area contributed by atoms with Crippen LogP contribution in [0.1, 0.15) is 18.2 Å². The molecule has 26 heavy (non-hydrogen) atoms. The average Bonchev–Trinajstić information content (AvgIpc) is 2.88. The molecule has 0 aliphatic carbocycles. The summed E-state index contributed by atoms with van der Waals surface area (Å²) >= 11 is 0. The fourth-order valence-electron chi connectivity index (χ4n) is 3.52. The van der Waals surface area contributed by atoms with Crippen molar-refractivity contribution in [2.45, 2.75) is 12.5 Å². The summed E-state index contributed by atoms with van der Waals surface area (Å²) in [6.07, 6.45) is 1.64. The van der Waals surface area contributed by atoms with E-state index in [4.69, 9.17) is 0 Å². The van der Waals surface area contributed by atoms with E-state index >= 15 is 0 Å². The van der Waals surface area contributed by atoms with Crippen LogP contribution in [-0.2, 0) is 10.3 Å². The first-order valence-corrected chi connectivity index (χ1v) is 8.71. The number of urea groups is 1. The summed E-state index contributed by atoms with van der Waals surface area (Å²) < 4.78 is 0. The van der Waals surface area contributed by atoms with Crippen LogP contribution in [0.5, 0.6) is 0 Å². The van der Waals surface area contributed by atoms with Gasteiger partial charge in [-0.15, -0.1) is 0 Å². The second kappa shape index (κ2) is 7.25. The number of pyridine rings is 1. The molecule has 1 aliphatic rings. The van der Waals surface area contributed by atoms with Crippen molar-refractivity contribution in [1.29, 1.82) is 0 Å². The van der Waals surface area contributed by atoms with E-state index in [2.05, 4.69) is 10.3 Å². The van der Waals surface area contributed by atoms with Gasteiger partial charge >= 0.3 is 6.03 Å². The lowest BCUT2D eigenvalue weighted by atomic mass is 9.86. The molecule has 6 heteroatoms. The lowest BCUT2D eigenvalue weighted by Crippen LogP contribution is -2.46. The van der Waals surface area contributed by atoms with Crippen LogP contribution in [0.15, 0.2) is 54.7 Å². The highest BCUT2D eigenvalue weighted by atomic mass is 16.2. The second-order valence-corrected chi connectivity index (χ2v) is 7.04. The van der Waals surface area contributed by atoms with Crippen LogP contribution in [0.3, 0.4) is 0 Å². The Kier molecular flexibility index (Phi) is 5.04. The Hall–Kier alpha value is -2.73. The quantitative estimate of drug-likeness (QED) is 0.809. The minimum absolute atomic E-state index is 0.162. The van der Waals surface area contributed by atoms with Crippen molar-refractivity contribution in [3.05, 3.63) is 66.0 Å². The molecule has 1 aliphatic heterocycles. The summed E-state index contributed by atoms with van der Waals surface area (Å²) in [7, 11) is 3.95. The van der Waals surface area contributed by atoms with Crippen molar-refractivity contribution in [1.82, 2.24) is 20.1 Å². The summed E-state index contributed by atoms with van der Waals surface area (Å²) in [5.41, 5.74) is -0.0515. The number of hydrogen-bond acceptors (Lipinski definition) is 4. The Morgan fingerprint density at radius 2 is 1.81 bits per heavy atom. The molecule has 0 radical (unpaired) electrons. The van der Waals surface area contributed by atoms with Crippen LogP contribution >= 0.6 is 0 Å². The number of nitrogens with zero attached hydrogens (tertiary/aromatic N) is 3. The molecule has 0 bridgehead atoms. The number of hydrogen-bond donors (Lipinski definition) is 1. The van der Waals surface area contributed by atoms with Gasteiger partial charge in [0.25, 0.3) is 5.91 Å². The predicted octanol–water partition coefficient (Wildman–Crippen LogP) is 2.07. The number of carbonyl (C=O) groups is 2. The van der Waals surface area contributed by atoms with Crippen molar-refractivity contribution in [2.24, 2.45) is 5.92 Å². The third kappa shape index (κ3) is 3.20. The van der Waals surface area contributed by atoms with Gasteiger partial charge in [0.2, 0.25) is 0 Å². The topological polar surface area (TPSA) is 65.5 Å². The van der Waals surface area contributed by atoms with Crippen molar-refractivity contribution in [3.8, 4) is 0 Å². The molecule has 0 saturated carbocycles. The summed E-state index contributed by atoms with van der Waals surface area (Å²) in [5, 5.41) is 2.92. The summed E-state index contributed by atoms with van der Waals surface area (Å²) in [4.78, 5) is 33.9. The molecule has 2 atom stereocenters. The van der Waals surface area contributed by atoms with E-state index in [0.29, 0.717) is 17.8 Å². The van der Waals surface area contributed by atoms with E-state index in [1.54, 1.807) is 18.3 Å². The summed E-state index contributed by atoms with van der Waals surface area (Å²) in [6, 6.07) is 14.3. The molecule has 6 nitrogen and oxygen atoms in total. The van der Waals surface area contributed by atoms with E-state index in [1.807, 2.05) is 62.3 Å². The molecular formula is C20H24N4O2. The van der Waals surface area contributed by atoms with Crippen molar-refractivity contribution in [2.75, 3.05) is 27.2 Å². The molecule has 3 amide bonds. The number of rotatable bonds is 6. The highest BCUT2D eigenvalue weighted by Gasteiger charge is 2.54. The zero-order valence-corrected chi connectivity index (χ0v) is 15.3. The minimum Gasteiger partial charge on any atom is -0.314 e. The lowest BCUT2D eigenvalue weighted by molar-refractivity contribution is -0.130. The van der Waals surface area contributed by atoms with Crippen LogP contribution < -0.4 is 5.32 Å².